The van der Waals surface area contributed by atoms with Gasteiger partial charge in [0.25, 0.3) is 11.8 Å². The molecular formula is C24H29N3O7. The van der Waals surface area contributed by atoms with Crippen LogP contribution in [0, 0.1) is 0 Å². The Labute approximate surface area is 197 Å². The van der Waals surface area contributed by atoms with Crippen molar-refractivity contribution in [1.29, 1.82) is 0 Å². The summed E-state index contributed by atoms with van der Waals surface area (Å²) in [6, 6.07) is 11.2. The Morgan fingerprint density at radius 2 is 1.88 bits per heavy atom. The zero-order chi connectivity index (χ0) is 24.1. The summed E-state index contributed by atoms with van der Waals surface area (Å²) >= 11 is 0. The summed E-state index contributed by atoms with van der Waals surface area (Å²) < 4.78 is 17.1. The number of likely N-dealkylation sites (tertiary alicyclic amines) is 1. The molecule has 1 saturated heterocycles. The number of nitrogens with one attached hydrogen (secondary N) is 2. The Balaban J connectivity index is 1.64. The molecule has 5 rings (SSSR count). The maximum Gasteiger partial charge on any atom is 0.258 e. The molecule has 10 heteroatoms. The van der Waals surface area contributed by atoms with Crippen molar-refractivity contribution in [1.82, 2.24) is 15.5 Å². The Morgan fingerprint density at radius 3 is 2.59 bits per heavy atom. The van der Waals surface area contributed by atoms with Crippen molar-refractivity contribution in [2.24, 2.45) is 0 Å². The van der Waals surface area contributed by atoms with E-state index in [0.29, 0.717) is 36.7 Å². The largest absolute Gasteiger partial charge is 0.493 e. The van der Waals surface area contributed by atoms with Crippen LogP contribution in [0.4, 0.5) is 0 Å². The Bertz CT molecular complexity index is 1010. The van der Waals surface area contributed by atoms with Crippen LogP contribution < -0.4 is 24.8 Å². The lowest BCUT2D eigenvalue weighted by molar-refractivity contribution is -0.123. The molecule has 3 heterocycles. The number of fused-ring (bicyclic) bond motifs is 7. The molecule has 3 aliphatic heterocycles. The number of methoxy groups -OCH3 is 1. The first-order chi connectivity index (χ1) is 16.5. The summed E-state index contributed by atoms with van der Waals surface area (Å²) in [5.41, 5.74) is 1.23. The molecule has 2 atom stereocenters. The van der Waals surface area contributed by atoms with Crippen LogP contribution in [-0.4, -0.2) is 85.1 Å². The predicted octanol–water partition coefficient (Wildman–Crippen LogP) is -0.0814. The molecule has 3 aliphatic rings. The minimum Gasteiger partial charge on any atom is -0.493 e. The highest BCUT2D eigenvalue weighted by Gasteiger charge is 2.38. The highest BCUT2D eigenvalue weighted by atomic mass is 16.5. The fourth-order valence-corrected chi connectivity index (χ4v) is 4.09. The van der Waals surface area contributed by atoms with Crippen molar-refractivity contribution in [2.45, 2.75) is 24.7 Å². The zero-order valence-electron chi connectivity index (χ0n) is 18.9. The molecule has 0 unspecified atom stereocenters. The lowest BCUT2D eigenvalue weighted by Crippen LogP contribution is -2.45. The van der Waals surface area contributed by atoms with Crippen molar-refractivity contribution in [3.8, 4) is 17.2 Å². The van der Waals surface area contributed by atoms with Crippen molar-refractivity contribution in [3.05, 3.63) is 53.6 Å². The number of ether oxygens (including phenoxy) is 3. The summed E-state index contributed by atoms with van der Waals surface area (Å²) in [6.07, 6.45) is -0.403. The number of carbonyl (C=O) groups excluding carboxylic acids is 2. The van der Waals surface area contributed by atoms with Crippen LogP contribution in [0.3, 0.4) is 0 Å². The quantitative estimate of drug-likeness (QED) is 0.487. The summed E-state index contributed by atoms with van der Waals surface area (Å²) in [5.74, 6) is 0.643. The SMILES string of the molecule is COc1ccc2cc1OCC(=O)NCc1ccc(cc1)O[C@H]1CN(C(CO)CO)C[C@@H]1NC2=O. The van der Waals surface area contributed by atoms with E-state index < -0.39 is 18.2 Å². The van der Waals surface area contributed by atoms with E-state index in [9.17, 15) is 19.8 Å². The third-order valence-electron chi connectivity index (χ3n) is 6.03. The Kier molecular flexibility index (Phi) is 7.51. The van der Waals surface area contributed by atoms with E-state index in [-0.39, 0.29) is 37.4 Å². The number of aliphatic hydroxyl groups excluding tert-OH is 2. The van der Waals surface area contributed by atoms with Crippen LogP contribution in [0.15, 0.2) is 42.5 Å². The molecule has 1 fully saturated rings. The van der Waals surface area contributed by atoms with Crippen molar-refractivity contribution >= 4 is 11.8 Å². The first-order valence-electron chi connectivity index (χ1n) is 11.1. The number of hydrogen-bond acceptors (Lipinski definition) is 8. The van der Waals surface area contributed by atoms with E-state index in [1.165, 1.54) is 13.2 Å². The number of amides is 2. The number of aliphatic hydroxyl groups is 2. The third-order valence-corrected chi connectivity index (χ3v) is 6.03. The fourth-order valence-electron chi connectivity index (χ4n) is 4.09. The van der Waals surface area contributed by atoms with Gasteiger partial charge in [0.2, 0.25) is 0 Å². The number of carbonyl (C=O) groups is 2. The minimum atomic E-state index is -0.446. The van der Waals surface area contributed by atoms with Crippen LogP contribution in [0.5, 0.6) is 17.2 Å². The standard InChI is InChI=1S/C24H29N3O7/c1-32-20-7-4-16-8-21(20)33-14-23(30)25-9-15-2-5-18(6-3-15)34-22-11-27(17(12-28)13-29)10-19(22)26-24(16)31/h2-8,17,19,22,28-29H,9-14H2,1H3,(H,25,30)(H,26,31)/t19-,22-/m0/s1. The highest BCUT2D eigenvalue weighted by Crippen LogP contribution is 2.29. The lowest BCUT2D eigenvalue weighted by Gasteiger charge is -2.23. The van der Waals surface area contributed by atoms with E-state index in [4.69, 9.17) is 14.2 Å². The second kappa shape index (κ2) is 10.7. The van der Waals surface area contributed by atoms with Gasteiger partial charge >= 0.3 is 0 Å². The van der Waals surface area contributed by atoms with Crippen LogP contribution in [0.25, 0.3) is 0 Å². The molecule has 0 spiro atoms. The third kappa shape index (κ3) is 5.41. The number of nitrogens with zero attached hydrogens (tertiary/aromatic N) is 1. The molecule has 0 aromatic heterocycles. The maximum atomic E-state index is 13.1. The van der Waals surface area contributed by atoms with E-state index in [1.54, 1.807) is 24.3 Å². The molecular weight excluding hydrogens is 442 g/mol. The second-order valence-electron chi connectivity index (χ2n) is 8.28. The molecule has 2 amide bonds. The van der Waals surface area contributed by atoms with E-state index in [0.717, 1.165) is 5.56 Å². The summed E-state index contributed by atoms with van der Waals surface area (Å²) in [4.78, 5) is 27.3. The zero-order valence-corrected chi connectivity index (χ0v) is 18.9. The Hall–Kier alpha value is -3.34. The van der Waals surface area contributed by atoms with Gasteiger partial charge in [0, 0.05) is 25.2 Å². The van der Waals surface area contributed by atoms with Gasteiger partial charge in [0.15, 0.2) is 18.1 Å². The number of rotatable bonds is 4. The van der Waals surface area contributed by atoms with E-state index >= 15 is 0 Å². The second-order valence-corrected chi connectivity index (χ2v) is 8.28. The van der Waals surface area contributed by atoms with Gasteiger partial charge in [-0.05, 0) is 35.9 Å². The average molecular weight is 472 g/mol. The van der Waals surface area contributed by atoms with Crippen LogP contribution >= 0.6 is 0 Å². The van der Waals surface area contributed by atoms with Gasteiger partial charge in [-0.15, -0.1) is 0 Å². The summed E-state index contributed by atoms with van der Waals surface area (Å²) in [6.45, 7) is 0.511. The first-order valence-corrected chi connectivity index (χ1v) is 11.1. The van der Waals surface area contributed by atoms with E-state index in [1.807, 2.05) is 17.0 Å². The summed E-state index contributed by atoms with van der Waals surface area (Å²) in [5, 5.41) is 25.1. The number of hydrogen-bond donors (Lipinski definition) is 4. The number of benzene rings is 2. The molecule has 4 N–H and O–H groups in total. The normalized spacial score (nSPS) is 21.2. The van der Waals surface area contributed by atoms with Crippen molar-refractivity contribution < 1.29 is 34.0 Å². The first kappa shape index (κ1) is 23.8. The van der Waals surface area contributed by atoms with Crippen LogP contribution in [-0.2, 0) is 11.3 Å². The van der Waals surface area contributed by atoms with Crippen molar-refractivity contribution in [3.63, 3.8) is 0 Å². The molecule has 0 aliphatic carbocycles. The molecule has 10 nitrogen and oxygen atoms in total. The molecule has 0 saturated carbocycles. The van der Waals surface area contributed by atoms with Gasteiger partial charge < -0.3 is 35.1 Å². The molecule has 34 heavy (non-hydrogen) atoms. The highest BCUT2D eigenvalue weighted by molar-refractivity contribution is 5.95. The van der Waals surface area contributed by atoms with Gasteiger partial charge in [-0.25, -0.2) is 0 Å². The molecule has 2 aromatic carbocycles. The van der Waals surface area contributed by atoms with Gasteiger partial charge in [0.1, 0.15) is 11.9 Å². The fraction of sp³-hybridized carbons (Fsp3) is 0.417. The average Bonchev–Trinajstić information content (AvgIpc) is 3.23. The molecule has 4 bridgehead atoms. The predicted molar refractivity (Wildman–Crippen MR) is 122 cm³/mol. The van der Waals surface area contributed by atoms with E-state index in [2.05, 4.69) is 10.6 Å². The van der Waals surface area contributed by atoms with Crippen molar-refractivity contribution in [2.75, 3.05) is 40.0 Å². The minimum absolute atomic E-state index is 0.205. The lowest BCUT2D eigenvalue weighted by atomic mass is 10.1. The van der Waals surface area contributed by atoms with Crippen LogP contribution in [0.1, 0.15) is 15.9 Å². The molecule has 182 valence electrons. The summed E-state index contributed by atoms with van der Waals surface area (Å²) in [7, 11) is 1.48. The maximum absolute atomic E-state index is 13.1. The topological polar surface area (TPSA) is 130 Å². The molecule has 0 radical (unpaired) electrons. The van der Waals surface area contributed by atoms with Crippen LogP contribution in [0.2, 0.25) is 0 Å². The Morgan fingerprint density at radius 1 is 1.12 bits per heavy atom. The van der Waals surface area contributed by atoms with Gasteiger partial charge in [-0.2, -0.15) is 0 Å². The van der Waals surface area contributed by atoms with Gasteiger partial charge in [0.05, 0.1) is 32.4 Å². The van der Waals surface area contributed by atoms with Gasteiger partial charge in [-0.1, -0.05) is 12.1 Å². The monoisotopic (exact) mass is 471 g/mol. The molecule has 2 aromatic rings. The smallest absolute Gasteiger partial charge is 0.258 e. The van der Waals surface area contributed by atoms with Gasteiger partial charge in [-0.3, -0.25) is 14.5 Å².